The molecule has 1 unspecified atom stereocenters. The molecule has 4 heteroatoms. The highest BCUT2D eigenvalue weighted by atomic mass is 19.1. The zero-order valence-corrected chi connectivity index (χ0v) is 10.8. The lowest BCUT2D eigenvalue weighted by atomic mass is 9.94. The number of aryl methyl sites for hydroxylation is 3. The molecule has 0 amide bonds. The van der Waals surface area contributed by atoms with Crippen LogP contribution in [0.15, 0.2) is 28.9 Å². The van der Waals surface area contributed by atoms with Crippen molar-refractivity contribution in [2.45, 2.75) is 26.8 Å². The number of hydrazine groups is 1. The summed E-state index contributed by atoms with van der Waals surface area (Å²) in [5, 5.41) is 0. The fourth-order valence-corrected chi connectivity index (χ4v) is 2.32. The Morgan fingerprint density at radius 1 is 1.28 bits per heavy atom. The summed E-state index contributed by atoms with van der Waals surface area (Å²) >= 11 is 0. The molecule has 0 saturated heterocycles. The van der Waals surface area contributed by atoms with E-state index in [4.69, 9.17) is 10.3 Å². The van der Waals surface area contributed by atoms with Crippen molar-refractivity contribution < 1.29 is 8.81 Å². The number of hydrogen-bond donors (Lipinski definition) is 2. The number of nitrogens with one attached hydrogen (secondary N) is 1. The molecule has 0 radical (unpaired) electrons. The fourth-order valence-electron chi connectivity index (χ4n) is 2.32. The van der Waals surface area contributed by atoms with E-state index < -0.39 is 6.04 Å². The minimum Gasteiger partial charge on any atom is -0.469 e. The first kappa shape index (κ1) is 12.8. The molecule has 18 heavy (non-hydrogen) atoms. The Balaban J connectivity index is 2.56. The van der Waals surface area contributed by atoms with E-state index in [0.717, 1.165) is 22.5 Å². The van der Waals surface area contributed by atoms with Gasteiger partial charge in [0, 0.05) is 11.1 Å². The summed E-state index contributed by atoms with van der Waals surface area (Å²) in [6.45, 7) is 5.58. The molecule has 1 atom stereocenters. The first-order valence-electron chi connectivity index (χ1n) is 5.81. The summed E-state index contributed by atoms with van der Waals surface area (Å²) < 4.78 is 19.4. The summed E-state index contributed by atoms with van der Waals surface area (Å²) in [6, 6.07) is 4.86. The van der Waals surface area contributed by atoms with Crippen LogP contribution in [0.1, 0.15) is 34.1 Å². The maximum Gasteiger partial charge on any atom is 0.128 e. The second kappa shape index (κ2) is 4.92. The molecule has 1 aromatic carbocycles. The molecular formula is C14H17FN2O. The zero-order chi connectivity index (χ0) is 13.3. The zero-order valence-electron chi connectivity index (χ0n) is 10.8. The number of nitrogens with two attached hydrogens (primary N) is 1. The minimum absolute atomic E-state index is 0.254. The van der Waals surface area contributed by atoms with Gasteiger partial charge in [-0.2, -0.15) is 0 Å². The van der Waals surface area contributed by atoms with Crippen LogP contribution in [0.25, 0.3) is 0 Å². The van der Waals surface area contributed by atoms with Crippen molar-refractivity contribution in [3.63, 3.8) is 0 Å². The maximum atomic E-state index is 14.1. The fraction of sp³-hybridized carbons (Fsp3) is 0.286. The Morgan fingerprint density at radius 2 is 2.00 bits per heavy atom. The molecule has 0 bridgehead atoms. The smallest absolute Gasteiger partial charge is 0.128 e. The van der Waals surface area contributed by atoms with E-state index >= 15 is 0 Å². The molecule has 0 saturated carbocycles. The lowest BCUT2D eigenvalue weighted by Crippen LogP contribution is -2.30. The molecule has 1 aromatic heterocycles. The van der Waals surface area contributed by atoms with Crippen LogP contribution in [-0.2, 0) is 0 Å². The van der Waals surface area contributed by atoms with Crippen LogP contribution in [0.5, 0.6) is 0 Å². The largest absolute Gasteiger partial charge is 0.469 e. The van der Waals surface area contributed by atoms with E-state index in [-0.39, 0.29) is 5.82 Å². The average Bonchev–Trinajstić information content (AvgIpc) is 2.69. The molecule has 0 aliphatic heterocycles. The predicted molar refractivity (Wildman–Crippen MR) is 68.5 cm³/mol. The van der Waals surface area contributed by atoms with Gasteiger partial charge in [0.2, 0.25) is 0 Å². The highest BCUT2D eigenvalue weighted by Crippen LogP contribution is 2.30. The minimum atomic E-state index is -0.399. The van der Waals surface area contributed by atoms with Crippen LogP contribution in [0.4, 0.5) is 4.39 Å². The predicted octanol–water partition coefficient (Wildman–Crippen LogP) is 2.90. The van der Waals surface area contributed by atoms with E-state index in [0.29, 0.717) is 5.56 Å². The van der Waals surface area contributed by atoms with Crippen molar-refractivity contribution in [3.8, 4) is 0 Å². The second-order valence-electron chi connectivity index (χ2n) is 4.51. The number of rotatable bonds is 3. The van der Waals surface area contributed by atoms with Gasteiger partial charge in [0.15, 0.2) is 0 Å². The Kier molecular flexibility index (Phi) is 3.50. The monoisotopic (exact) mass is 248 g/mol. The van der Waals surface area contributed by atoms with E-state index in [1.54, 1.807) is 12.3 Å². The van der Waals surface area contributed by atoms with Crippen molar-refractivity contribution >= 4 is 0 Å². The maximum absolute atomic E-state index is 14.1. The standard InChI is InChI=1S/C14H17FN2O/c1-8-6-9(2)13(12(15)7-8)14(17-16)11-4-5-18-10(11)3/h4-7,14,17H,16H2,1-3H3. The molecule has 0 spiro atoms. The summed E-state index contributed by atoms with van der Waals surface area (Å²) in [5.74, 6) is 6.06. The van der Waals surface area contributed by atoms with Crippen molar-refractivity contribution in [2.75, 3.05) is 0 Å². The van der Waals surface area contributed by atoms with E-state index in [1.807, 2.05) is 26.8 Å². The SMILES string of the molecule is Cc1cc(C)c(C(NN)c2ccoc2C)c(F)c1. The third-order valence-electron chi connectivity index (χ3n) is 3.15. The van der Waals surface area contributed by atoms with Crippen LogP contribution in [0.3, 0.4) is 0 Å². The van der Waals surface area contributed by atoms with Gasteiger partial charge in [-0.15, -0.1) is 0 Å². The summed E-state index contributed by atoms with van der Waals surface area (Å²) in [7, 11) is 0. The third kappa shape index (κ3) is 2.17. The van der Waals surface area contributed by atoms with Crippen molar-refractivity contribution in [1.82, 2.24) is 5.43 Å². The van der Waals surface area contributed by atoms with E-state index in [2.05, 4.69) is 5.43 Å². The van der Waals surface area contributed by atoms with Crippen LogP contribution >= 0.6 is 0 Å². The van der Waals surface area contributed by atoms with Gasteiger partial charge in [-0.3, -0.25) is 5.84 Å². The quantitative estimate of drug-likeness (QED) is 0.648. The van der Waals surface area contributed by atoms with Gasteiger partial charge in [0.1, 0.15) is 11.6 Å². The van der Waals surface area contributed by atoms with Crippen LogP contribution in [0.2, 0.25) is 0 Å². The molecule has 0 aliphatic rings. The van der Waals surface area contributed by atoms with Crippen molar-refractivity contribution in [1.29, 1.82) is 0 Å². The molecule has 96 valence electrons. The molecule has 2 rings (SSSR count). The first-order chi connectivity index (χ1) is 8.54. The van der Waals surface area contributed by atoms with Crippen molar-refractivity contribution in [2.24, 2.45) is 5.84 Å². The normalized spacial score (nSPS) is 12.7. The Hall–Kier alpha value is -1.65. The molecule has 0 aliphatic carbocycles. The molecular weight excluding hydrogens is 231 g/mol. The molecule has 3 N–H and O–H groups in total. The van der Waals surface area contributed by atoms with Gasteiger partial charge >= 0.3 is 0 Å². The van der Waals surface area contributed by atoms with Gasteiger partial charge in [-0.05, 0) is 44.0 Å². The summed E-state index contributed by atoms with van der Waals surface area (Å²) in [6.07, 6.45) is 1.58. The summed E-state index contributed by atoms with van der Waals surface area (Å²) in [5.41, 5.74) is 5.84. The van der Waals surface area contributed by atoms with Crippen LogP contribution < -0.4 is 11.3 Å². The lowest BCUT2D eigenvalue weighted by molar-refractivity contribution is 0.512. The Bertz CT molecular complexity index is 540. The third-order valence-corrected chi connectivity index (χ3v) is 3.15. The molecule has 1 heterocycles. The topological polar surface area (TPSA) is 51.2 Å². The Morgan fingerprint density at radius 3 is 2.50 bits per heavy atom. The van der Waals surface area contributed by atoms with E-state index in [9.17, 15) is 4.39 Å². The first-order valence-corrected chi connectivity index (χ1v) is 5.81. The second-order valence-corrected chi connectivity index (χ2v) is 4.51. The highest BCUT2D eigenvalue weighted by molar-refractivity contribution is 5.40. The number of hydrogen-bond acceptors (Lipinski definition) is 3. The lowest BCUT2D eigenvalue weighted by Gasteiger charge is -2.19. The number of halogens is 1. The van der Waals surface area contributed by atoms with E-state index in [1.165, 1.54) is 6.07 Å². The average molecular weight is 248 g/mol. The molecule has 3 nitrogen and oxygen atoms in total. The van der Waals surface area contributed by atoms with Crippen LogP contribution in [0, 0.1) is 26.6 Å². The highest BCUT2D eigenvalue weighted by Gasteiger charge is 2.22. The molecule has 2 aromatic rings. The number of benzene rings is 1. The molecule has 0 fully saturated rings. The van der Waals surface area contributed by atoms with Gasteiger partial charge < -0.3 is 4.42 Å². The van der Waals surface area contributed by atoms with Gasteiger partial charge in [-0.1, -0.05) is 6.07 Å². The summed E-state index contributed by atoms with van der Waals surface area (Å²) in [4.78, 5) is 0. The van der Waals surface area contributed by atoms with Gasteiger partial charge in [0.05, 0.1) is 12.3 Å². The van der Waals surface area contributed by atoms with Gasteiger partial charge in [0.25, 0.3) is 0 Å². The Labute approximate surface area is 106 Å². The van der Waals surface area contributed by atoms with Gasteiger partial charge in [-0.25, -0.2) is 9.82 Å². The van der Waals surface area contributed by atoms with Crippen molar-refractivity contribution in [3.05, 3.63) is 58.3 Å². The number of furan rings is 1. The van der Waals surface area contributed by atoms with Crippen LogP contribution in [-0.4, -0.2) is 0 Å².